The molecule has 1 aromatic carbocycles. The van der Waals surface area contributed by atoms with Crippen molar-refractivity contribution in [1.82, 2.24) is 9.80 Å². The Balaban J connectivity index is 2.88. The van der Waals surface area contributed by atoms with Crippen molar-refractivity contribution < 1.29 is 24.2 Å². The number of phenolic OH excluding ortho intramolecular Hbond substituents is 1. The highest BCUT2D eigenvalue weighted by atomic mass is 35.5. The van der Waals surface area contributed by atoms with Crippen LogP contribution in [0.2, 0.25) is 5.02 Å². The predicted octanol–water partition coefficient (Wildman–Crippen LogP) is 2.21. The van der Waals surface area contributed by atoms with Crippen molar-refractivity contribution in [3.05, 3.63) is 22.7 Å². The van der Waals surface area contributed by atoms with Crippen LogP contribution in [-0.4, -0.2) is 68.3 Å². The van der Waals surface area contributed by atoms with Crippen molar-refractivity contribution in [2.75, 3.05) is 41.5 Å². The van der Waals surface area contributed by atoms with Crippen LogP contribution < -0.4 is 4.74 Å². The van der Waals surface area contributed by atoms with E-state index in [-0.39, 0.29) is 22.1 Å². The highest BCUT2D eigenvalue weighted by Crippen LogP contribution is 2.32. The smallest absolute Gasteiger partial charge is 0.326 e. The van der Waals surface area contributed by atoms with Crippen LogP contribution in [0.1, 0.15) is 16.8 Å². The number of imide groups is 1. The summed E-state index contributed by atoms with van der Waals surface area (Å²) in [6.07, 6.45) is 0.658. The van der Waals surface area contributed by atoms with E-state index in [1.54, 1.807) is 14.2 Å². The molecule has 0 aliphatic rings. The molecule has 0 aliphatic carbocycles. The van der Waals surface area contributed by atoms with Crippen molar-refractivity contribution in [3.63, 3.8) is 0 Å². The molecule has 1 rings (SSSR count). The lowest BCUT2D eigenvalue weighted by Gasteiger charge is -2.24. The normalized spacial score (nSPS) is 10.3. The maximum atomic E-state index is 12.4. The van der Waals surface area contributed by atoms with E-state index in [0.717, 1.165) is 4.90 Å². The number of nitrogens with zero attached hydrogens (tertiary/aromatic N) is 2. The Kier molecular flexibility index (Phi) is 7.12. The summed E-state index contributed by atoms with van der Waals surface area (Å²) >= 11 is 6.03. The monoisotopic (exact) mass is 344 g/mol. The number of carbonyl (C=O) groups is 2. The van der Waals surface area contributed by atoms with Crippen LogP contribution in [0.5, 0.6) is 11.5 Å². The average Bonchev–Trinajstić information content (AvgIpc) is 2.54. The number of halogens is 1. The molecule has 0 spiro atoms. The Morgan fingerprint density at radius 2 is 1.91 bits per heavy atom. The third-order valence-electron chi connectivity index (χ3n) is 3.26. The number of amides is 3. The molecule has 7 nitrogen and oxygen atoms in total. The fourth-order valence-electron chi connectivity index (χ4n) is 1.94. The number of hydrogen-bond donors (Lipinski definition) is 1. The van der Waals surface area contributed by atoms with Gasteiger partial charge in [-0.3, -0.25) is 9.69 Å². The minimum atomic E-state index is -0.614. The van der Waals surface area contributed by atoms with Gasteiger partial charge in [0, 0.05) is 40.4 Å². The first-order valence-corrected chi connectivity index (χ1v) is 7.29. The van der Waals surface area contributed by atoms with Gasteiger partial charge in [0.15, 0.2) is 11.5 Å². The quantitative estimate of drug-likeness (QED) is 0.800. The second-order valence-electron chi connectivity index (χ2n) is 4.92. The molecule has 128 valence electrons. The molecule has 0 saturated heterocycles. The Morgan fingerprint density at radius 3 is 2.48 bits per heavy atom. The molecule has 0 aliphatic heterocycles. The van der Waals surface area contributed by atoms with Gasteiger partial charge < -0.3 is 19.5 Å². The molecule has 1 N–H and O–H groups in total. The summed E-state index contributed by atoms with van der Waals surface area (Å²) in [6, 6.07) is 2.03. The van der Waals surface area contributed by atoms with E-state index in [9.17, 15) is 14.7 Å². The van der Waals surface area contributed by atoms with Crippen molar-refractivity contribution in [1.29, 1.82) is 0 Å². The molecule has 8 heteroatoms. The molecule has 23 heavy (non-hydrogen) atoms. The summed E-state index contributed by atoms with van der Waals surface area (Å²) in [5.74, 6) is -0.691. The van der Waals surface area contributed by atoms with Crippen LogP contribution in [0, 0.1) is 0 Å². The minimum Gasteiger partial charge on any atom is -0.504 e. The summed E-state index contributed by atoms with van der Waals surface area (Å²) in [5, 5.41) is 9.86. The van der Waals surface area contributed by atoms with Gasteiger partial charge in [0.2, 0.25) is 0 Å². The summed E-state index contributed by atoms with van der Waals surface area (Å²) in [4.78, 5) is 27.0. The van der Waals surface area contributed by atoms with Crippen LogP contribution in [0.3, 0.4) is 0 Å². The van der Waals surface area contributed by atoms with Crippen molar-refractivity contribution in [2.45, 2.75) is 6.42 Å². The van der Waals surface area contributed by atoms with Crippen LogP contribution >= 0.6 is 11.6 Å². The topological polar surface area (TPSA) is 79.3 Å². The van der Waals surface area contributed by atoms with E-state index in [1.807, 2.05) is 0 Å². The van der Waals surface area contributed by atoms with E-state index in [4.69, 9.17) is 21.1 Å². The second kappa shape index (κ2) is 8.59. The number of methoxy groups -OCH3 is 2. The maximum Gasteiger partial charge on any atom is 0.326 e. The zero-order valence-corrected chi connectivity index (χ0v) is 14.4. The SMILES string of the molecule is COCCCN(C)C(=O)N(C)C(=O)c1cc(O)c(OC)cc1Cl. The molecule has 1 aromatic rings. The zero-order valence-electron chi connectivity index (χ0n) is 13.6. The molecule has 0 radical (unpaired) electrons. The van der Waals surface area contributed by atoms with Gasteiger partial charge >= 0.3 is 6.03 Å². The van der Waals surface area contributed by atoms with Gasteiger partial charge in [0.05, 0.1) is 17.7 Å². The lowest BCUT2D eigenvalue weighted by Crippen LogP contribution is -2.42. The molecule has 0 unspecified atom stereocenters. The standard InChI is InChI=1S/C15H21ClN2O5/c1-17(6-5-7-22-3)15(21)18(2)14(20)10-8-12(19)13(23-4)9-11(10)16/h8-9,19H,5-7H2,1-4H3. The number of benzene rings is 1. The number of aromatic hydroxyl groups is 1. The third kappa shape index (κ3) is 4.74. The first-order valence-electron chi connectivity index (χ1n) is 6.92. The van der Waals surface area contributed by atoms with Gasteiger partial charge in [0.25, 0.3) is 5.91 Å². The molecule has 0 atom stereocenters. The maximum absolute atomic E-state index is 12.4. The van der Waals surface area contributed by atoms with Crippen LogP contribution in [0.4, 0.5) is 4.79 Å². The van der Waals surface area contributed by atoms with E-state index in [2.05, 4.69) is 0 Å². The largest absolute Gasteiger partial charge is 0.504 e. The van der Waals surface area contributed by atoms with E-state index in [0.29, 0.717) is 19.6 Å². The van der Waals surface area contributed by atoms with Gasteiger partial charge in [-0.05, 0) is 12.5 Å². The van der Waals surface area contributed by atoms with Gasteiger partial charge in [0.1, 0.15) is 0 Å². The molecular formula is C15H21ClN2O5. The summed E-state index contributed by atoms with van der Waals surface area (Å²) in [7, 11) is 5.90. The number of ether oxygens (including phenoxy) is 2. The summed E-state index contributed by atoms with van der Waals surface area (Å²) < 4.78 is 9.84. The number of carbonyl (C=O) groups excluding carboxylic acids is 2. The summed E-state index contributed by atoms with van der Waals surface area (Å²) in [6.45, 7) is 0.972. The highest BCUT2D eigenvalue weighted by molar-refractivity contribution is 6.34. The Bertz CT molecular complexity index is 579. The van der Waals surface area contributed by atoms with E-state index in [1.165, 1.54) is 31.2 Å². The number of hydrogen-bond acceptors (Lipinski definition) is 5. The molecule has 0 aromatic heterocycles. The van der Waals surface area contributed by atoms with Crippen LogP contribution in [0.15, 0.2) is 12.1 Å². The van der Waals surface area contributed by atoms with Crippen LogP contribution in [-0.2, 0) is 4.74 Å². The first kappa shape index (κ1) is 19.1. The van der Waals surface area contributed by atoms with Crippen molar-refractivity contribution >= 4 is 23.5 Å². The molecule has 0 fully saturated rings. The average molecular weight is 345 g/mol. The molecule has 0 bridgehead atoms. The van der Waals surface area contributed by atoms with E-state index < -0.39 is 11.9 Å². The van der Waals surface area contributed by atoms with Gasteiger partial charge in [-0.15, -0.1) is 0 Å². The minimum absolute atomic E-state index is 0.0195. The zero-order chi connectivity index (χ0) is 17.6. The first-order chi connectivity index (χ1) is 10.8. The predicted molar refractivity (Wildman–Crippen MR) is 86.3 cm³/mol. The third-order valence-corrected chi connectivity index (χ3v) is 3.57. The van der Waals surface area contributed by atoms with Gasteiger partial charge in [-0.1, -0.05) is 11.6 Å². The molecule has 0 heterocycles. The van der Waals surface area contributed by atoms with Crippen molar-refractivity contribution in [2.24, 2.45) is 0 Å². The molecular weight excluding hydrogens is 324 g/mol. The van der Waals surface area contributed by atoms with Crippen LogP contribution in [0.25, 0.3) is 0 Å². The highest BCUT2D eigenvalue weighted by Gasteiger charge is 2.24. The Labute approximate surface area is 140 Å². The second-order valence-corrected chi connectivity index (χ2v) is 5.33. The van der Waals surface area contributed by atoms with Crippen molar-refractivity contribution in [3.8, 4) is 11.5 Å². The Hall–Kier alpha value is -1.99. The molecule has 3 amide bonds. The fourth-order valence-corrected chi connectivity index (χ4v) is 2.17. The van der Waals surface area contributed by atoms with Gasteiger partial charge in [-0.2, -0.15) is 0 Å². The Morgan fingerprint density at radius 1 is 1.26 bits per heavy atom. The molecule has 0 saturated carbocycles. The summed E-state index contributed by atoms with van der Waals surface area (Å²) in [5.41, 5.74) is 0.0195. The number of urea groups is 1. The number of rotatable bonds is 6. The number of phenols is 1. The lowest BCUT2D eigenvalue weighted by molar-refractivity contribution is 0.0800. The lowest BCUT2D eigenvalue weighted by atomic mass is 10.1. The fraction of sp³-hybridized carbons (Fsp3) is 0.467. The van der Waals surface area contributed by atoms with Gasteiger partial charge in [-0.25, -0.2) is 4.79 Å². The van der Waals surface area contributed by atoms with E-state index >= 15 is 0 Å².